The van der Waals surface area contributed by atoms with Gasteiger partial charge in [-0.15, -0.1) is 35.3 Å². The molecule has 0 saturated carbocycles. The summed E-state index contributed by atoms with van der Waals surface area (Å²) in [5.74, 6) is 0.918. The molecule has 1 fully saturated rings. The molecule has 0 aliphatic carbocycles. The highest BCUT2D eigenvalue weighted by molar-refractivity contribution is 14.0. The van der Waals surface area contributed by atoms with Crippen LogP contribution in [-0.4, -0.2) is 47.6 Å². The van der Waals surface area contributed by atoms with Crippen molar-refractivity contribution in [1.29, 1.82) is 0 Å². The zero-order valence-corrected chi connectivity index (χ0v) is 18.7. The van der Waals surface area contributed by atoms with E-state index in [1.807, 2.05) is 0 Å². The number of guanidine groups is 1. The second kappa shape index (κ2) is 10.6. The van der Waals surface area contributed by atoms with Gasteiger partial charge in [0.15, 0.2) is 5.96 Å². The van der Waals surface area contributed by atoms with Gasteiger partial charge in [0.2, 0.25) is 0 Å². The molecule has 1 aliphatic rings. The van der Waals surface area contributed by atoms with Crippen LogP contribution in [0.3, 0.4) is 0 Å². The molecule has 1 saturated heterocycles. The number of rotatable bonds is 5. The minimum absolute atomic E-state index is 0. The van der Waals surface area contributed by atoms with Crippen LogP contribution in [-0.2, 0) is 6.54 Å². The fraction of sp³-hybridized carbons (Fsp3) is 0.765. The lowest BCUT2D eigenvalue weighted by molar-refractivity contribution is 0.167. The van der Waals surface area contributed by atoms with Gasteiger partial charge in [0.05, 0.1) is 12.2 Å². The molecular weight excluding hydrogens is 433 g/mol. The minimum atomic E-state index is 0. The predicted molar refractivity (Wildman–Crippen MR) is 115 cm³/mol. The van der Waals surface area contributed by atoms with E-state index in [2.05, 4.69) is 55.1 Å². The number of halogens is 1. The van der Waals surface area contributed by atoms with Crippen molar-refractivity contribution in [3.05, 3.63) is 15.6 Å². The minimum Gasteiger partial charge on any atom is -0.357 e. The number of aryl methyl sites for hydroxylation is 2. The Morgan fingerprint density at radius 1 is 1.33 bits per heavy atom. The number of aromatic nitrogens is 1. The molecule has 2 N–H and O–H groups in total. The van der Waals surface area contributed by atoms with Crippen LogP contribution in [0.1, 0.15) is 49.2 Å². The van der Waals surface area contributed by atoms with E-state index in [9.17, 15) is 0 Å². The number of nitrogens with zero attached hydrogens (tertiary/aromatic N) is 3. The van der Waals surface area contributed by atoms with Gasteiger partial charge in [0.1, 0.15) is 5.01 Å². The first kappa shape index (κ1) is 21.6. The lowest BCUT2D eigenvalue weighted by Gasteiger charge is -2.35. The van der Waals surface area contributed by atoms with E-state index in [1.54, 1.807) is 11.3 Å². The Morgan fingerprint density at radius 2 is 2.00 bits per heavy atom. The maximum atomic E-state index is 4.72. The number of nitrogens with one attached hydrogen (secondary N) is 2. The van der Waals surface area contributed by atoms with Gasteiger partial charge in [0.25, 0.3) is 0 Å². The van der Waals surface area contributed by atoms with E-state index in [-0.39, 0.29) is 24.0 Å². The van der Waals surface area contributed by atoms with Crippen molar-refractivity contribution >= 4 is 41.3 Å². The van der Waals surface area contributed by atoms with E-state index >= 15 is 0 Å². The maximum Gasteiger partial charge on any atom is 0.191 e. The summed E-state index contributed by atoms with van der Waals surface area (Å²) in [6.45, 7) is 14.7. The fourth-order valence-electron chi connectivity index (χ4n) is 2.83. The Hall–Kier alpha value is -0.410. The van der Waals surface area contributed by atoms with E-state index in [4.69, 9.17) is 4.99 Å². The fourth-order valence-corrected chi connectivity index (χ4v) is 3.69. The zero-order valence-electron chi connectivity index (χ0n) is 15.6. The van der Waals surface area contributed by atoms with Crippen molar-refractivity contribution < 1.29 is 0 Å². The summed E-state index contributed by atoms with van der Waals surface area (Å²) in [5.41, 5.74) is 1.12. The van der Waals surface area contributed by atoms with Crippen LogP contribution in [0, 0.1) is 13.8 Å². The lowest BCUT2D eigenvalue weighted by atomic mass is 10.0. The van der Waals surface area contributed by atoms with Crippen molar-refractivity contribution in [2.24, 2.45) is 4.99 Å². The first-order valence-electron chi connectivity index (χ1n) is 8.71. The second-order valence-corrected chi connectivity index (χ2v) is 7.78. The summed E-state index contributed by atoms with van der Waals surface area (Å²) in [6, 6.07) is 1.16. The number of piperidine rings is 1. The predicted octanol–water partition coefficient (Wildman–Crippen LogP) is 3.31. The molecule has 2 rings (SSSR count). The number of aliphatic imine (C=N–C) groups is 1. The molecule has 0 aromatic carbocycles. The highest BCUT2D eigenvalue weighted by Gasteiger charge is 2.21. The molecular formula is C17H32IN5S. The van der Waals surface area contributed by atoms with Crippen LogP contribution < -0.4 is 10.6 Å². The monoisotopic (exact) mass is 465 g/mol. The van der Waals surface area contributed by atoms with E-state index in [0.717, 1.165) is 23.2 Å². The van der Waals surface area contributed by atoms with Gasteiger partial charge in [-0.3, -0.25) is 0 Å². The first-order valence-corrected chi connectivity index (χ1v) is 9.53. The number of hydrogen-bond donors (Lipinski definition) is 2. The van der Waals surface area contributed by atoms with Crippen LogP contribution in [0.25, 0.3) is 0 Å². The van der Waals surface area contributed by atoms with Gasteiger partial charge in [0, 0.05) is 36.6 Å². The molecule has 0 atom stereocenters. The molecule has 0 bridgehead atoms. The Balaban J connectivity index is 0.00000288. The van der Waals surface area contributed by atoms with Crippen LogP contribution in [0.5, 0.6) is 0 Å². The van der Waals surface area contributed by atoms with Crippen molar-refractivity contribution in [2.75, 3.05) is 19.6 Å². The summed E-state index contributed by atoms with van der Waals surface area (Å²) in [6.07, 6.45) is 2.36. The van der Waals surface area contributed by atoms with Gasteiger partial charge < -0.3 is 15.5 Å². The van der Waals surface area contributed by atoms with Crippen molar-refractivity contribution in [2.45, 2.75) is 66.1 Å². The molecule has 0 amide bonds. The average molecular weight is 465 g/mol. The third-order valence-corrected chi connectivity index (χ3v) is 5.45. The van der Waals surface area contributed by atoms with E-state index < -0.39 is 0 Å². The van der Waals surface area contributed by atoms with Gasteiger partial charge >= 0.3 is 0 Å². The van der Waals surface area contributed by atoms with Crippen LogP contribution in [0.4, 0.5) is 0 Å². The lowest BCUT2D eigenvalue weighted by Crippen LogP contribution is -2.49. The van der Waals surface area contributed by atoms with E-state index in [0.29, 0.717) is 18.6 Å². The highest BCUT2D eigenvalue weighted by Crippen LogP contribution is 2.17. The number of thiazole rings is 1. The molecule has 2 heterocycles. The summed E-state index contributed by atoms with van der Waals surface area (Å²) in [7, 11) is 0. The third kappa shape index (κ3) is 6.48. The average Bonchev–Trinajstić information content (AvgIpc) is 2.84. The van der Waals surface area contributed by atoms with Gasteiger partial charge in [-0.05, 0) is 47.5 Å². The molecule has 0 radical (unpaired) electrons. The van der Waals surface area contributed by atoms with Gasteiger partial charge in [-0.25, -0.2) is 9.98 Å². The topological polar surface area (TPSA) is 52.6 Å². The molecule has 1 aromatic heterocycles. The molecule has 5 nitrogen and oxygen atoms in total. The first-order chi connectivity index (χ1) is 11.0. The van der Waals surface area contributed by atoms with Crippen LogP contribution in [0.2, 0.25) is 0 Å². The SMILES string of the molecule is CCNC(=NCc1nc(C)c(C)s1)NC1CCN(C(C)C)CC1.I. The van der Waals surface area contributed by atoms with Crippen LogP contribution >= 0.6 is 35.3 Å². The summed E-state index contributed by atoms with van der Waals surface area (Å²) >= 11 is 1.74. The quantitative estimate of drug-likeness (QED) is 0.398. The van der Waals surface area contributed by atoms with Gasteiger partial charge in [-0.2, -0.15) is 0 Å². The molecule has 1 aromatic rings. The smallest absolute Gasteiger partial charge is 0.191 e. The Labute approximate surface area is 167 Å². The summed E-state index contributed by atoms with van der Waals surface area (Å²) in [4.78, 5) is 13.1. The maximum absolute atomic E-state index is 4.72. The van der Waals surface area contributed by atoms with Crippen LogP contribution in [0.15, 0.2) is 4.99 Å². The molecule has 24 heavy (non-hydrogen) atoms. The zero-order chi connectivity index (χ0) is 16.8. The summed E-state index contributed by atoms with van der Waals surface area (Å²) in [5, 5.41) is 8.04. The van der Waals surface area contributed by atoms with Crippen molar-refractivity contribution in [1.82, 2.24) is 20.5 Å². The second-order valence-electron chi connectivity index (χ2n) is 6.49. The van der Waals surface area contributed by atoms with Gasteiger partial charge in [-0.1, -0.05) is 0 Å². The molecule has 138 valence electrons. The molecule has 7 heteroatoms. The Bertz CT molecular complexity index is 502. The highest BCUT2D eigenvalue weighted by atomic mass is 127. The van der Waals surface area contributed by atoms with Crippen molar-refractivity contribution in [3.8, 4) is 0 Å². The third-order valence-electron chi connectivity index (χ3n) is 4.39. The molecule has 0 spiro atoms. The Kier molecular flexibility index (Phi) is 9.51. The summed E-state index contributed by atoms with van der Waals surface area (Å²) < 4.78 is 0. The molecule has 0 unspecified atom stereocenters. The molecule has 1 aliphatic heterocycles. The normalized spacial score (nSPS) is 17.0. The number of likely N-dealkylation sites (tertiary alicyclic amines) is 1. The number of hydrogen-bond acceptors (Lipinski definition) is 4. The largest absolute Gasteiger partial charge is 0.357 e. The van der Waals surface area contributed by atoms with Crippen molar-refractivity contribution in [3.63, 3.8) is 0 Å². The Morgan fingerprint density at radius 3 is 2.50 bits per heavy atom. The van der Waals surface area contributed by atoms with E-state index in [1.165, 1.54) is 30.8 Å². The standard InChI is InChI=1S/C17H31N5S.HI/c1-6-18-17(19-11-16-20-13(4)14(5)23-16)21-15-7-9-22(10-8-15)12(2)3;/h12,15H,6-11H2,1-5H3,(H2,18,19,21);1H.